The Balaban J connectivity index is 2.01. The first-order valence-electron chi connectivity index (χ1n) is 9.23. The molecule has 0 aliphatic carbocycles. The van der Waals surface area contributed by atoms with Crippen LogP contribution in [0.25, 0.3) is 0 Å². The second-order valence-electron chi connectivity index (χ2n) is 8.18. The van der Waals surface area contributed by atoms with Crippen molar-refractivity contribution in [3.8, 4) is 0 Å². The van der Waals surface area contributed by atoms with Gasteiger partial charge in [0.05, 0.1) is 25.8 Å². The van der Waals surface area contributed by atoms with E-state index in [1.54, 1.807) is 6.92 Å². The number of carbonyl (C=O) groups is 2. The summed E-state index contributed by atoms with van der Waals surface area (Å²) in [6, 6.07) is 0. The number of likely N-dealkylation sites (N-methyl/N-ethyl adjacent to an activating group) is 1. The minimum absolute atomic E-state index is 0.0292. The van der Waals surface area contributed by atoms with Gasteiger partial charge in [-0.05, 0) is 31.4 Å². The van der Waals surface area contributed by atoms with Gasteiger partial charge in [0.25, 0.3) is 5.72 Å². The van der Waals surface area contributed by atoms with Crippen molar-refractivity contribution in [1.82, 2.24) is 0 Å². The first-order chi connectivity index (χ1) is 12.6. The van der Waals surface area contributed by atoms with Crippen LogP contribution in [0.4, 0.5) is 0 Å². The molecule has 3 rings (SSSR count). The molecule has 0 amide bonds. The Labute approximate surface area is 158 Å². The zero-order valence-electron chi connectivity index (χ0n) is 16.0. The fraction of sp³-hybridized carbons (Fsp3) is 0.684. The molecule has 5 atom stereocenters. The summed E-state index contributed by atoms with van der Waals surface area (Å²) in [5.41, 5.74) is -2.67. The molecule has 8 nitrogen and oxygen atoms in total. The third-order valence-electron chi connectivity index (χ3n) is 6.48. The molecule has 8 heteroatoms. The lowest BCUT2D eigenvalue weighted by Crippen LogP contribution is -2.61. The Morgan fingerprint density at radius 3 is 2.74 bits per heavy atom. The summed E-state index contributed by atoms with van der Waals surface area (Å²) in [4.78, 5) is 25.2. The van der Waals surface area contributed by atoms with Crippen LogP contribution in [0, 0.1) is 5.92 Å². The lowest BCUT2D eigenvalue weighted by Gasteiger charge is -2.40. The highest BCUT2D eigenvalue weighted by atomic mass is 16.6. The van der Waals surface area contributed by atoms with Gasteiger partial charge in [-0.3, -0.25) is 4.48 Å². The van der Waals surface area contributed by atoms with Gasteiger partial charge in [0.15, 0.2) is 11.7 Å². The predicted octanol–water partition coefficient (Wildman–Crippen LogP) is -0.370. The predicted molar refractivity (Wildman–Crippen MR) is 94.0 cm³/mol. The summed E-state index contributed by atoms with van der Waals surface area (Å²) in [7, 11) is 1.87. The Morgan fingerprint density at radius 2 is 2.07 bits per heavy atom. The summed E-state index contributed by atoms with van der Waals surface area (Å²) in [6.07, 6.45) is 2.84. The third-order valence-corrected chi connectivity index (χ3v) is 6.48. The largest absolute Gasteiger partial charge is 0.459 e. The average Bonchev–Trinajstić information content (AvgIpc) is 3.00. The molecular weight excluding hydrogens is 354 g/mol. The molecule has 0 aromatic heterocycles. The molecular formula is C19H28NO7+. The van der Waals surface area contributed by atoms with Crippen LogP contribution in [0.3, 0.4) is 0 Å². The molecule has 0 aromatic rings. The zero-order chi connectivity index (χ0) is 20.0. The molecule has 0 radical (unpaired) electrons. The molecule has 3 heterocycles. The van der Waals surface area contributed by atoms with Gasteiger partial charge in [-0.15, -0.1) is 0 Å². The molecule has 5 unspecified atom stereocenters. The smallest absolute Gasteiger partial charge is 0.338 e. The maximum atomic E-state index is 12.7. The van der Waals surface area contributed by atoms with Gasteiger partial charge in [-0.2, -0.15) is 0 Å². The quantitative estimate of drug-likeness (QED) is 0.245. The molecule has 3 aliphatic rings. The molecule has 27 heavy (non-hydrogen) atoms. The number of aliphatic hydroxyl groups is 3. The van der Waals surface area contributed by atoms with Crippen molar-refractivity contribution in [2.45, 2.75) is 44.1 Å². The van der Waals surface area contributed by atoms with E-state index >= 15 is 0 Å². The van der Waals surface area contributed by atoms with Crippen molar-refractivity contribution >= 4 is 11.9 Å². The number of nitrogens with zero attached hydrogens (tertiary/aromatic N) is 1. The van der Waals surface area contributed by atoms with Crippen molar-refractivity contribution in [2.75, 3.05) is 33.4 Å². The van der Waals surface area contributed by atoms with E-state index in [9.17, 15) is 24.9 Å². The summed E-state index contributed by atoms with van der Waals surface area (Å²) in [6.45, 7) is 3.56. The van der Waals surface area contributed by atoms with Gasteiger partial charge in [0.2, 0.25) is 0 Å². The van der Waals surface area contributed by atoms with Crippen LogP contribution < -0.4 is 0 Å². The van der Waals surface area contributed by atoms with Crippen molar-refractivity contribution in [2.24, 2.45) is 5.92 Å². The Kier molecular flexibility index (Phi) is 4.96. The van der Waals surface area contributed by atoms with E-state index in [1.807, 2.05) is 13.1 Å². The fourth-order valence-electron chi connectivity index (χ4n) is 4.26. The lowest BCUT2D eigenvalue weighted by molar-refractivity contribution is -0.955. The van der Waals surface area contributed by atoms with Crippen LogP contribution in [0.5, 0.6) is 0 Å². The number of carbonyl (C=O) groups excluding carboxylic acids is 2. The number of aliphatic hydroxyl groups excluding tert-OH is 1. The number of hydrogen-bond acceptors (Lipinski definition) is 7. The molecule has 0 aromatic carbocycles. The Morgan fingerprint density at radius 1 is 1.37 bits per heavy atom. The first kappa shape index (κ1) is 20.0. The molecule has 150 valence electrons. The standard InChI is InChI=1S/C19H28NO7/c1-12-10-13(6-9-21)16(22)27-15-5-8-20(3)7-4-14(19(15,20)25)11-26-17(23)18(12,2)24/h4,6,12,15,21,24-25H,5,7-11H2,1-3H3/q+1/b13-6+. The second kappa shape index (κ2) is 6.70. The summed E-state index contributed by atoms with van der Waals surface area (Å²) in [5, 5.41) is 31.4. The third kappa shape index (κ3) is 3.00. The van der Waals surface area contributed by atoms with E-state index < -0.39 is 35.3 Å². The van der Waals surface area contributed by atoms with E-state index in [0.29, 0.717) is 25.1 Å². The molecule has 3 N–H and O–H groups in total. The van der Waals surface area contributed by atoms with Gasteiger partial charge in [-0.1, -0.05) is 6.92 Å². The van der Waals surface area contributed by atoms with E-state index in [0.717, 1.165) is 0 Å². The Hall–Kier alpha value is -1.74. The molecule has 0 saturated carbocycles. The number of hydrogen-bond donors (Lipinski definition) is 3. The fourth-order valence-corrected chi connectivity index (χ4v) is 4.26. The lowest BCUT2D eigenvalue weighted by atomic mass is 9.85. The molecule has 2 saturated heterocycles. The normalized spacial score (nSPS) is 44.1. The average molecular weight is 382 g/mol. The van der Waals surface area contributed by atoms with Gasteiger partial charge in [0.1, 0.15) is 13.2 Å². The number of esters is 2. The minimum Gasteiger partial charge on any atom is -0.459 e. The number of rotatable bonds is 1. The molecule has 0 bridgehead atoms. The van der Waals surface area contributed by atoms with E-state index in [4.69, 9.17) is 9.47 Å². The van der Waals surface area contributed by atoms with Crippen molar-refractivity contribution in [3.05, 3.63) is 23.3 Å². The highest BCUT2D eigenvalue weighted by Gasteiger charge is 2.65. The van der Waals surface area contributed by atoms with Crippen LogP contribution in [-0.2, 0) is 19.1 Å². The van der Waals surface area contributed by atoms with Crippen LogP contribution in [-0.4, -0.2) is 82.5 Å². The van der Waals surface area contributed by atoms with Gasteiger partial charge in [-0.25, -0.2) is 9.59 Å². The highest BCUT2D eigenvalue weighted by molar-refractivity contribution is 5.89. The number of cyclic esters (lactones) is 1. The van der Waals surface area contributed by atoms with Gasteiger partial charge >= 0.3 is 11.9 Å². The van der Waals surface area contributed by atoms with E-state index in [1.165, 1.54) is 13.0 Å². The highest BCUT2D eigenvalue weighted by Crippen LogP contribution is 2.45. The topological polar surface area (TPSA) is 113 Å². The molecule has 0 spiro atoms. The van der Waals surface area contributed by atoms with Gasteiger partial charge in [0, 0.05) is 12.0 Å². The summed E-state index contributed by atoms with van der Waals surface area (Å²) >= 11 is 0. The van der Waals surface area contributed by atoms with Crippen molar-refractivity contribution in [1.29, 1.82) is 0 Å². The number of quaternary nitrogens is 1. The van der Waals surface area contributed by atoms with Crippen LogP contribution in [0.2, 0.25) is 0 Å². The van der Waals surface area contributed by atoms with Gasteiger partial charge < -0.3 is 24.8 Å². The van der Waals surface area contributed by atoms with E-state index in [-0.39, 0.29) is 29.7 Å². The van der Waals surface area contributed by atoms with Crippen LogP contribution >= 0.6 is 0 Å². The Bertz CT molecular complexity index is 713. The van der Waals surface area contributed by atoms with E-state index in [2.05, 4.69) is 0 Å². The first-order valence-corrected chi connectivity index (χ1v) is 9.23. The molecule has 2 fully saturated rings. The van der Waals surface area contributed by atoms with Crippen LogP contribution in [0.1, 0.15) is 26.7 Å². The maximum Gasteiger partial charge on any atom is 0.338 e. The summed E-state index contributed by atoms with van der Waals surface area (Å²) < 4.78 is 11.2. The van der Waals surface area contributed by atoms with Crippen molar-refractivity contribution < 1.29 is 38.9 Å². The second-order valence-corrected chi connectivity index (χ2v) is 8.18. The maximum absolute atomic E-state index is 12.7. The molecule has 3 aliphatic heterocycles. The van der Waals surface area contributed by atoms with Crippen LogP contribution in [0.15, 0.2) is 23.3 Å². The monoisotopic (exact) mass is 382 g/mol. The number of ether oxygens (including phenoxy) is 2. The van der Waals surface area contributed by atoms with Crippen molar-refractivity contribution in [3.63, 3.8) is 0 Å². The summed E-state index contributed by atoms with van der Waals surface area (Å²) in [5.74, 6) is -2.11. The SMILES string of the molecule is CC1C/C(=C\CO)C(=O)OC2CC[N+]3(C)CC=C(COC(=O)C1(C)O)C23O. The zero-order valence-corrected chi connectivity index (χ0v) is 16.0. The minimum atomic E-state index is -1.83.